The smallest absolute Gasteiger partial charge is 0.259 e. The highest BCUT2D eigenvalue weighted by Crippen LogP contribution is 2.34. The molecule has 4 heterocycles. The molecule has 11 heteroatoms. The number of benzene rings is 1. The largest absolute Gasteiger partial charge is 0.356 e. The van der Waals surface area contributed by atoms with E-state index in [0.29, 0.717) is 51.8 Å². The van der Waals surface area contributed by atoms with Gasteiger partial charge in [-0.15, -0.1) is 0 Å². The molecule has 0 aliphatic carbocycles. The van der Waals surface area contributed by atoms with Crippen LogP contribution >= 0.6 is 23.4 Å². The van der Waals surface area contributed by atoms with Crippen LogP contribution in [0.25, 0.3) is 5.65 Å². The summed E-state index contributed by atoms with van der Waals surface area (Å²) in [5, 5.41) is 3.80. The van der Waals surface area contributed by atoms with Gasteiger partial charge in [0.05, 0.1) is 16.4 Å². The molecule has 0 bridgehead atoms. The number of para-hydroxylation sites is 1. The molecule has 2 amide bonds. The van der Waals surface area contributed by atoms with Crippen molar-refractivity contribution in [2.75, 3.05) is 6.54 Å². The Morgan fingerprint density at radius 2 is 2.03 bits per heavy atom. The molecule has 1 N–H and O–H groups in total. The number of nitrogens with one attached hydrogen (secondary N) is 1. The third-order valence-corrected chi connectivity index (χ3v) is 7.27. The molecule has 190 valence electrons. The van der Waals surface area contributed by atoms with E-state index in [1.54, 1.807) is 12.1 Å². The predicted molar refractivity (Wildman–Crippen MR) is 146 cm³/mol. The molecule has 3 aromatic rings. The minimum Gasteiger partial charge on any atom is -0.356 e. The molecule has 2 aliphatic heterocycles. The molecule has 1 aromatic carbocycles. The monoisotopic (exact) mass is 536 g/mol. The van der Waals surface area contributed by atoms with E-state index in [1.165, 1.54) is 33.3 Å². The fourth-order valence-corrected chi connectivity index (χ4v) is 5.24. The van der Waals surface area contributed by atoms with Crippen molar-refractivity contribution in [2.24, 2.45) is 9.98 Å². The van der Waals surface area contributed by atoms with Crippen molar-refractivity contribution < 1.29 is 9.59 Å². The van der Waals surface area contributed by atoms with E-state index < -0.39 is 6.04 Å². The minimum atomic E-state index is -0.655. The fourth-order valence-electron chi connectivity index (χ4n) is 4.19. The van der Waals surface area contributed by atoms with Crippen molar-refractivity contribution in [2.45, 2.75) is 44.4 Å². The highest BCUT2D eigenvalue weighted by molar-refractivity contribution is 8.13. The Balaban J connectivity index is 1.36. The Kier molecular flexibility index (Phi) is 7.38. The molecule has 1 atom stereocenters. The molecule has 2 aromatic heterocycles. The molecule has 0 saturated carbocycles. The van der Waals surface area contributed by atoms with E-state index in [0.717, 1.165) is 18.4 Å². The second-order valence-corrected chi connectivity index (χ2v) is 10.1. The highest BCUT2D eigenvalue weighted by Gasteiger charge is 2.41. The van der Waals surface area contributed by atoms with Gasteiger partial charge in [0, 0.05) is 36.5 Å². The van der Waals surface area contributed by atoms with Gasteiger partial charge in [0.15, 0.2) is 5.17 Å². The van der Waals surface area contributed by atoms with E-state index >= 15 is 0 Å². The number of rotatable bonds is 8. The van der Waals surface area contributed by atoms with E-state index in [9.17, 15) is 14.4 Å². The van der Waals surface area contributed by atoms with Crippen molar-refractivity contribution in [1.82, 2.24) is 19.6 Å². The summed E-state index contributed by atoms with van der Waals surface area (Å²) < 4.78 is 1.39. The number of aliphatic imine (C=N–C) groups is 2. The number of halogens is 1. The maximum atomic E-state index is 13.4. The molecule has 0 saturated heterocycles. The number of amidine groups is 2. The van der Waals surface area contributed by atoms with Crippen LogP contribution in [0.1, 0.15) is 43.9 Å². The topological polar surface area (TPSA) is 108 Å². The summed E-state index contributed by atoms with van der Waals surface area (Å²) in [5.74, 6) is 0.579. The number of fused-ring (bicyclic) bond motifs is 4. The number of thioether (sulfide) groups is 1. The SMILES string of the molecule is CCCCNC(=O)CC[C@@H]1N=C2c3ccccc3N=C(SCc3cc(=O)n4cc(Cl)ccc4n3)N2C1=O. The summed E-state index contributed by atoms with van der Waals surface area (Å²) in [6.07, 6.45) is 4.00. The number of unbranched alkanes of at least 4 members (excludes halogenated alkanes) is 1. The van der Waals surface area contributed by atoms with Crippen LogP contribution < -0.4 is 10.9 Å². The third-order valence-electron chi connectivity index (χ3n) is 6.07. The third kappa shape index (κ3) is 5.30. The molecule has 0 fully saturated rings. The molecular weight excluding hydrogens is 512 g/mol. The van der Waals surface area contributed by atoms with Gasteiger partial charge in [-0.1, -0.05) is 48.8 Å². The lowest BCUT2D eigenvalue weighted by molar-refractivity contribution is -0.125. The standard InChI is InChI=1S/C26H25ClN6O3S/c1-2-3-12-28-22(34)11-9-20-25(36)33-24(30-20)18-6-4-5-7-19(18)31-26(33)37-15-17-13-23(35)32-14-16(27)8-10-21(32)29-17/h4-8,10,13-14,20H,2-3,9,11-12,15H2,1H3,(H,28,34)/t20-/m0/s1. The fraction of sp³-hybridized carbons (Fsp3) is 0.308. The number of carbonyl (C=O) groups is 2. The molecule has 2 aliphatic rings. The lowest BCUT2D eigenvalue weighted by Gasteiger charge is -2.25. The van der Waals surface area contributed by atoms with Crippen molar-refractivity contribution in [1.29, 1.82) is 0 Å². The maximum absolute atomic E-state index is 13.4. The summed E-state index contributed by atoms with van der Waals surface area (Å²) in [7, 11) is 0. The quantitative estimate of drug-likeness (QED) is 0.439. The van der Waals surface area contributed by atoms with Crippen LogP contribution in [-0.4, -0.2) is 49.7 Å². The number of pyridine rings is 1. The molecular formula is C26H25ClN6O3S. The highest BCUT2D eigenvalue weighted by atomic mass is 35.5. The van der Waals surface area contributed by atoms with Gasteiger partial charge in [-0.05, 0) is 37.1 Å². The first-order chi connectivity index (χ1) is 17.9. The Hall–Kier alpha value is -3.50. The van der Waals surface area contributed by atoms with E-state index in [-0.39, 0.29) is 23.8 Å². The summed E-state index contributed by atoms with van der Waals surface area (Å²) >= 11 is 7.31. The Morgan fingerprint density at radius 3 is 2.86 bits per heavy atom. The average molecular weight is 537 g/mol. The summed E-state index contributed by atoms with van der Waals surface area (Å²) in [4.78, 5) is 53.7. The zero-order valence-corrected chi connectivity index (χ0v) is 21.8. The van der Waals surface area contributed by atoms with Crippen molar-refractivity contribution in [3.8, 4) is 0 Å². The Labute approximate surface area is 222 Å². The van der Waals surface area contributed by atoms with Gasteiger partial charge in [-0.2, -0.15) is 0 Å². The van der Waals surface area contributed by atoms with Gasteiger partial charge in [-0.3, -0.25) is 23.8 Å². The zero-order chi connectivity index (χ0) is 25.9. The molecule has 5 rings (SSSR count). The van der Waals surface area contributed by atoms with Crippen LogP contribution in [0.5, 0.6) is 0 Å². The second-order valence-electron chi connectivity index (χ2n) is 8.75. The first-order valence-corrected chi connectivity index (χ1v) is 13.5. The molecule has 0 radical (unpaired) electrons. The first kappa shape index (κ1) is 25.2. The normalized spacial score (nSPS) is 16.3. The van der Waals surface area contributed by atoms with Gasteiger partial charge >= 0.3 is 0 Å². The minimum absolute atomic E-state index is 0.0788. The van der Waals surface area contributed by atoms with Crippen LogP contribution in [0.2, 0.25) is 5.02 Å². The lowest BCUT2D eigenvalue weighted by Crippen LogP contribution is -2.41. The van der Waals surface area contributed by atoms with Crippen LogP contribution in [-0.2, 0) is 15.3 Å². The number of hydrogen-bond acceptors (Lipinski definition) is 7. The first-order valence-electron chi connectivity index (χ1n) is 12.1. The molecule has 0 spiro atoms. The summed E-state index contributed by atoms with van der Waals surface area (Å²) in [6, 6.07) is 11.7. The van der Waals surface area contributed by atoms with Crippen LogP contribution in [0.4, 0.5) is 5.69 Å². The van der Waals surface area contributed by atoms with Crippen LogP contribution in [0.15, 0.2) is 63.4 Å². The van der Waals surface area contributed by atoms with E-state index in [4.69, 9.17) is 21.6 Å². The van der Waals surface area contributed by atoms with Crippen molar-refractivity contribution in [3.05, 3.63) is 75.3 Å². The maximum Gasteiger partial charge on any atom is 0.259 e. The predicted octanol–water partition coefficient (Wildman–Crippen LogP) is 3.94. The Bertz CT molecular complexity index is 1500. The Morgan fingerprint density at radius 1 is 1.19 bits per heavy atom. The summed E-state index contributed by atoms with van der Waals surface area (Å²) in [6.45, 7) is 2.70. The summed E-state index contributed by atoms with van der Waals surface area (Å²) in [5.41, 5.74) is 2.29. The second kappa shape index (κ2) is 10.9. The molecule has 37 heavy (non-hydrogen) atoms. The number of amides is 2. The van der Waals surface area contributed by atoms with E-state index in [2.05, 4.69) is 17.2 Å². The number of carbonyl (C=O) groups excluding carboxylic acids is 2. The van der Waals surface area contributed by atoms with Crippen molar-refractivity contribution in [3.63, 3.8) is 0 Å². The average Bonchev–Trinajstić information content (AvgIpc) is 3.23. The number of nitrogens with zero attached hydrogens (tertiary/aromatic N) is 5. The van der Waals surface area contributed by atoms with Gasteiger partial charge in [0.1, 0.15) is 17.5 Å². The lowest BCUT2D eigenvalue weighted by atomic mass is 10.1. The van der Waals surface area contributed by atoms with Crippen LogP contribution in [0, 0.1) is 0 Å². The van der Waals surface area contributed by atoms with E-state index in [1.807, 2.05) is 24.3 Å². The van der Waals surface area contributed by atoms with Crippen molar-refractivity contribution >= 4 is 57.5 Å². The number of aromatic nitrogens is 2. The molecule has 9 nitrogen and oxygen atoms in total. The van der Waals surface area contributed by atoms with Gasteiger partial charge in [-0.25, -0.2) is 14.9 Å². The van der Waals surface area contributed by atoms with Crippen LogP contribution in [0.3, 0.4) is 0 Å². The van der Waals surface area contributed by atoms with Gasteiger partial charge in [0.2, 0.25) is 5.91 Å². The molecule has 0 unspecified atom stereocenters. The zero-order valence-electron chi connectivity index (χ0n) is 20.2. The van der Waals surface area contributed by atoms with Gasteiger partial charge in [0.25, 0.3) is 11.5 Å². The number of hydrogen-bond donors (Lipinski definition) is 1. The van der Waals surface area contributed by atoms with Gasteiger partial charge < -0.3 is 5.32 Å².